The maximum atomic E-state index is 9.47. The Morgan fingerprint density at radius 2 is 2.23 bits per heavy atom. The first-order chi connectivity index (χ1) is 10.8. The number of pyridine rings is 1. The van der Waals surface area contributed by atoms with Crippen molar-refractivity contribution in [3.8, 4) is 0 Å². The lowest BCUT2D eigenvalue weighted by atomic mass is 10.1. The number of aliphatic hydroxyl groups is 1. The van der Waals surface area contributed by atoms with Gasteiger partial charge in [-0.2, -0.15) is 0 Å². The highest BCUT2D eigenvalue weighted by atomic mass is 16.5. The Bertz CT molecular complexity index is 693. The van der Waals surface area contributed by atoms with Crippen molar-refractivity contribution in [1.29, 1.82) is 0 Å². The molecular formula is C16H20N4O2. The van der Waals surface area contributed by atoms with E-state index < -0.39 is 0 Å². The summed E-state index contributed by atoms with van der Waals surface area (Å²) in [6.45, 7) is 3.71. The minimum absolute atomic E-state index is 0.181. The van der Waals surface area contributed by atoms with Gasteiger partial charge in [-0.15, -0.1) is 0 Å². The quantitative estimate of drug-likeness (QED) is 0.901. The molecule has 2 aromatic heterocycles. The SMILES string of the molecule is Cc1ccc2ncnc(N3CCO[C@H]4C[C@H](CO)C[C@@H]43)c2n1. The number of nitrogens with zero attached hydrogens (tertiary/aromatic N) is 4. The van der Waals surface area contributed by atoms with Gasteiger partial charge in [0.05, 0.1) is 24.3 Å². The van der Waals surface area contributed by atoms with Crippen molar-refractivity contribution in [2.45, 2.75) is 31.9 Å². The van der Waals surface area contributed by atoms with Crippen LogP contribution in [0.15, 0.2) is 18.5 Å². The van der Waals surface area contributed by atoms with Crippen molar-refractivity contribution in [3.63, 3.8) is 0 Å². The first-order valence-corrected chi connectivity index (χ1v) is 7.83. The molecule has 2 fully saturated rings. The van der Waals surface area contributed by atoms with E-state index in [9.17, 15) is 5.11 Å². The lowest BCUT2D eigenvalue weighted by molar-refractivity contribution is 0.0229. The van der Waals surface area contributed by atoms with E-state index in [1.165, 1.54) is 0 Å². The van der Waals surface area contributed by atoms with Gasteiger partial charge in [0.25, 0.3) is 0 Å². The van der Waals surface area contributed by atoms with E-state index in [1.54, 1.807) is 6.33 Å². The molecule has 0 aromatic carbocycles. The molecule has 2 aliphatic rings. The summed E-state index contributed by atoms with van der Waals surface area (Å²) in [5.74, 6) is 1.21. The second-order valence-corrected chi connectivity index (χ2v) is 6.21. The van der Waals surface area contributed by atoms with Gasteiger partial charge in [-0.25, -0.2) is 15.0 Å². The highest BCUT2D eigenvalue weighted by Gasteiger charge is 2.41. The Hall–Kier alpha value is -1.79. The third kappa shape index (κ3) is 2.23. The van der Waals surface area contributed by atoms with Crippen molar-refractivity contribution < 1.29 is 9.84 Å². The van der Waals surface area contributed by atoms with Crippen molar-refractivity contribution in [2.75, 3.05) is 24.7 Å². The average Bonchev–Trinajstić information content (AvgIpc) is 2.97. The molecule has 1 aliphatic carbocycles. The van der Waals surface area contributed by atoms with Gasteiger partial charge in [0.1, 0.15) is 11.8 Å². The van der Waals surface area contributed by atoms with E-state index in [0.717, 1.165) is 41.9 Å². The summed E-state index contributed by atoms with van der Waals surface area (Å²) in [7, 11) is 0. The van der Waals surface area contributed by atoms with Gasteiger partial charge >= 0.3 is 0 Å². The fraction of sp³-hybridized carbons (Fsp3) is 0.562. The monoisotopic (exact) mass is 300 g/mol. The fourth-order valence-corrected chi connectivity index (χ4v) is 3.70. The molecule has 0 spiro atoms. The predicted molar refractivity (Wildman–Crippen MR) is 82.8 cm³/mol. The molecule has 6 nitrogen and oxygen atoms in total. The second kappa shape index (κ2) is 5.44. The molecule has 1 aliphatic heterocycles. The molecule has 6 heteroatoms. The topological polar surface area (TPSA) is 71.4 Å². The normalized spacial score (nSPS) is 28.1. The molecule has 0 unspecified atom stereocenters. The molecule has 0 amide bonds. The van der Waals surface area contributed by atoms with Crippen molar-refractivity contribution in [1.82, 2.24) is 15.0 Å². The van der Waals surface area contributed by atoms with Crippen molar-refractivity contribution in [2.24, 2.45) is 5.92 Å². The summed E-state index contributed by atoms with van der Waals surface area (Å²) in [5.41, 5.74) is 2.69. The van der Waals surface area contributed by atoms with Gasteiger partial charge in [-0.05, 0) is 37.8 Å². The van der Waals surface area contributed by atoms with E-state index in [-0.39, 0.29) is 18.8 Å². The first kappa shape index (κ1) is 13.8. The smallest absolute Gasteiger partial charge is 0.159 e. The van der Waals surface area contributed by atoms with Crippen molar-refractivity contribution in [3.05, 3.63) is 24.2 Å². The number of aromatic nitrogens is 3. The number of ether oxygens (including phenoxy) is 1. The molecule has 116 valence electrons. The molecule has 4 rings (SSSR count). The summed E-state index contributed by atoms with van der Waals surface area (Å²) in [6, 6.07) is 4.23. The Morgan fingerprint density at radius 1 is 1.32 bits per heavy atom. The molecule has 0 bridgehead atoms. The number of aryl methyl sites for hydroxylation is 1. The molecule has 1 saturated heterocycles. The highest BCUT2D eigenvalue weighted by Crippen LogP contribution is 2.37. The van der Waals surface area contributed by atoms with Crippen LogP contribution in [-0.2, 0) is 4.74 Å². The van der Waals surface area contributed by atoms with Gasteiger partial charge in [-0.3, -0.25) is 0 Å². The largest absolute Gasteiger partial charge is 0.396 e. The zero-order valence-corrected chi connectivity index (χ0v) is 12.6. The van der Waals surface area contributed by atoms with Gasteiger partial charge in [-0.1, -0.05) is 0 Å². The molecule has 1 N–H and O–H groups in total. The van der Waals surface area contributed by atoms with Gasteiger partial charge in [0.15, 0.2) is 5.82 Å². The fourth-order valence-electron chi connectivity index (χ4n) is 3.70. The van der Waals surface area contributed by atoms with Crippen LogP contribution in [0.1, 0.15) is 18.5 Å². The van der Waals surface area contributed by atoms with Crippen molar-refractivity contribution >= 4 is 16.9 Å². The van der Waals surface area contributed by atoms with E-state index in [0.29, 0.717) is 12.5 Å². The number of rotatable bonds is 2. The lowest BCUT2D eigenvalue weighted by Gasteiger charge is -2.38. The van der Waals surface area contributed by atoms with Crippen LogP contribution < -0.4 is 4.90 Å². The molecule has 1 saturated carbocycles. The number of anilines is 1. The Labute approximate surface area is 129 Å². The van der Waals surface area contributed by atoms with Crippen LogP contribution >= 0.6 is 0 Å². The maximum Gasteiger partial charge on any atom is 0.159 e. The number of aliphatic hydroxyl groups excluding tert-OH is 1. The number of hydrogen-bond donors (Lipinski definition) is 1. The van der Waals surface area contributed by atoms with E-state index in [2.05, 4.69) is 19.9 Å². The lowest BCUT2D eigenvalue weighted by Crippen LogP contribution is -2.49. The van der Waals surface area contributed by atoms with Crippen LogP contribution in [0.4, 0.5) is 5.82 Å². The zero-order valence-electron chi connectivity index (χ0n) is 12.6. The summed E-state index contributed by atoms with van der Waals surface area (Å²) in [4.78, 5) is 15.8. The minimum atomic E-state index is 0.181. The Kier molecular flexibility index (Phi) is 3.43. The predicted octanol–water partition coefficient (Wildman–Crippen LogP) is 1.31. The van der Waals surface area contributed by atoms with Crippen LogP contribution in [0.25, 0.3) is 11.0 Å². The van der Waals surface area contributed by atoms with Crippen LogP contribution in [0.3, 0.4) is 0 Å². The second-order valence-electron chi connectivity index (χ2n) is 6.21. The standard InChI is InChI=1S/C16H20N4O2/c1-10-2-3-12-15(19-10)16(18-9-17-12)20-4-5-22-14-7-11(8-21)6-13(14)20/h2-3,9,11,13-14,21H,4-8H2,1H3/t11-,13+,14+/m1/s1. The van der Waals surface area contributed by atoms with E-state index >= 15 is 0 Å². The maximum absolute atomic E-state index is 9.47. The average molecular weight is 300 g/mol. The number of fused-ring (bicyclic) bond motifs is 2. The number of morpholine rings is 1. The molecule has 22 heavy (non-hydrogen) atoms. The van der Waals surface area contributed by atoms with Gasteiger partial charge < -0.3 is 14.7 Å². The molecular weight excluding hydrogens is 280 g/mol. The molecule has 2 aromatic rings. The Balaban J connectivity index is 1.76. The van der Waals surface area contributed by atoms with Crippen LogP contribution in [-0.4, -0.2) is 52.0 Å². The summed E-state index contributed by atoms with van der Waals surface area (Å²) >= 11 is 0. The minimum Gasteiger partial charge on any atom is -0.396 e. The Morgan fingerprint density at radius 3 is 3.09 bits per heavy atom. The summed E-state index contributed by atoms with van der Waals surface area (Å²) < 4.78 is 5.90. The third-order valence-corrected chi connectivity index (χ3v) is 4.77. The third-order valence-electron chi connectivity index (χ3n) is 4.77. The molecule has 3 atom stereocenters. The van der Waals surface area contributed by atoms with Crippen LogP contribution in [0.5, 0.6) is 0 Å². The summed E-state index contributed by atoms with van der Waals surface area (Å²) in [5, 5.41) is 9.47. The van der Waals surface area contributed by atoms with E-state index in [1.807, 2.05) is 19.1 Å². The van der Waals surface area contributed by atoms with Crippen LogP contribution in [0, 0.1) is 12.8 Å². The first-order valence-electron chi connectivity index (χ1n) is 7.83. The zero-order chi connectivity index (χ0) is 15.1. The van der Waals surface area contributed by atoms with Gasteiger partial charge in [0, 0.05) is 18.8 Å². The summed E-state index contributed by atoms with van der Waals surface area (Å²) in [6.07, 6.45) is 3.66. The van der Waals surface area contributed by atoms with Crippen LogP contribution in [0.2, 0.25) is 0 Å². The highest BCUT2D eigenvalue weighted by molar-refractivity contribution is 5.85. The molecule has 3 heterocycles. The van der Waals surface area contributed by atoms with E-state index in [4.69, 9.17) is 4.74 Å². The number of hydrogen-bond acceptors (Lipinski definition) is 6. The molecule has 0 radical (unpaired) electrons. The van der Waals surface area contributed by atoms with Gasteiger partial charge in [0.2, 0.25) is 0 Å².